The van der Waals surface area contributed by atoms with Crippen molar-refractivity contribution in [2.45, 2.75) is 37.6 Å². The maximum absolute atomic E-state index is 16.8. The van der Waals surface area contributed by atoms with Gasteiger partial charge in [0, 0.05) is 41.0 Å². The van der Waals surface area contributed by atoms with Crippen LogP contribution >= 0.6 is 23.2 Å². The van der Waals surface area contributed by atoms with Crippen LogP contribution in [-0.4, -0.2) is 48.9 Å². The van der Waals surface area contributed by atoms with E-state index in [9.17, 15) is 15.0 Å². The summed E-state index contributed by atoms with van der Waals surface area (Å²) in [7, 11) is 1.66. The Kier molecular flexibility index (Phi) is 5.99. The van der Waals surface area contributed by atoms with Crippen LogP contribution in [-0.2, 0) is 29.7 Å². The van der Waals surface area contributed by atoms with Crippen molar-refractivity contribution in [1.29, 1.82) is 0 Å². The smallest absolute Gasteiger partial charge is 0.257 e. The molecule has 8 nitrogen and oxygen atoms in total. The molecule has 1 unspecified atom stereocenters. The molecule has 3 heterocycles. The van der Waals surface area contributed by atoms with Gasteiger partial charge in [-0.2, -0.15) is 5.10 Å². The van der Waals surface area contributed by atoms with Gasteiger partial charge >= 0.3 is 0 Å². The van der Waals surface area contributed by atoms with Crippen molar-refractivity contribution in [3.05, 3.63) is 116 Å². The number of pyridine rings is 1. The van der Waals surface area contributed by atoms with Gasteiger partial charge in [0.1, 0.15) is 11.4 Å². The highest BCUT2D eigenvalue weighted by molar-refractivity contribution is 6.30. The van der Waals surface area contributed by atoms with Crippen LogP contribution in [0, 0.1) is 11.2 Å². The Morgan fingerprint density at radius 3 is 2.43 bits per heavy atom. The number of hydrogen-bond donors (Lipinski definition) is 2. The number of aliphatic hydroxyl groups is 2. The molecule has 2 atom stereocenters. The van der Waals surface area contributed by atoms with E-state index in [2.05, 4.69) is 10.1 Å². The Labute approximate surface area is 257 Å². The maximum Gasteiger partial charge on any atom is 0.257 e. The predicted octanol–water partition coefficient (Wildman–Crippen LogP) is 5.16. The van der Waals surface area contributed by atoms with E-state index in [1.165, 1.54) is 54.3 Å². The average Bonchev–Trinajstić information content (AvgIpc) is 3.67. The van der Waals surface area contributed by atoms with Gasteiger partial charge in [-0.25, -0.2) is 4.39 Å². The second-order valence-electron chi connectivity index (χ2n) is 10.8. The molecule has 2 N–H and O–H groups in total. The number of hydrogen-bond acceptors (Lipinski definition) is 6. The van der Waals surface area contributed by atoms with Crippen molar-refractivity contribution in [3.63, 3.8) is 0 Å². The third-order valence-corrected chi connectivity index (χ3v) is 8.29. The zero-order valence-electron chi connectivity index (χ0n) is 26.6. The molecule has 0 saturated heterocycles. The van der Waals surface area contributed by atoms with Gasteiger partial charge in [-0.1, -0.05) is 35.3 Å². The fourth-order valence-electron chi connectivity index (χ4n) is 5.18. The Morgan fingerprint density at radius 1 is 1.12 bits per heavy atom. The maximum atomic E-state index is 16.8. The van der Waals surface area contributed by atoms with E-state index in [1.54, 1.807) is 25.4 Å². The van der Waals surface area contributed by atoms with Crippen molar-refractivity contribution < 1.29 is 29.6 Å². The molecule has 4 aromatic rings. The first-order valence-corrected chi connectivity index (χ1v) is 13.9. The molecule has 218 valence electrons. The van der Waals surface area contributed by atoms with Crippen molar-refractivity contribution in [2.75, 3.05) is 13.1 Å². The van der Waals surface area contributed by atoms with E-state index in [4.69, 9.17) is 33.4 Å². The summed E-state index contributed by atoms with van der Waals surface area (Å²) in [5, 5.41) is 26.7. The lowest BCUT2D eigenvalue weighted by Crippen LogP contribution is -2.48. The molecule has 11 heteroatoms. The Morgan fingerprint density at radius 2 is 1.83 bits per heavy atom. The standard InChI is InChI=1S/C31H29Cl2FN4O4/c1-29(41,21-13-36-37(2)15-21)20-11-25-27(26(34)12-20)31(19-3-5-22(32)6-4-19,42-18-30(17-39)9-10-30)38(28(25)40)16-24-8-7-23(33)14-35-24/h3-8,11-15,39,41H,9-10,16-18H2,1-2H3/t29?,31-/m1/s1/i17D2,18D2. The van der Waals surface area contributed by atoms with E-state index in [-0.39, 0.29) is 41.6 Å². The summed E-state index contributed by atoms with van der Waals surface area (Å²) in [6, 6.07) is 11.3. The second-order valence-corrected chi connectivity index (χ2v) is 11.6. The van der Waals surface area contributed by atoms with E-state index in [0.29, 0.717) is 21.3 Å². The molecule has 2 aromatic heterocycles. The first-order valence-electron chi connectivity index (χ1n) is 15.1. The average molecular weight is 616 g/mol. The van der Waals surface area contributed by atoms with Crippen LogP contribution in [0.4, 0.5) is 4.39 Å². The molecule has 1 aliphatic carbocycles. The van der Waals surface area contributed by atoms with E-state index < -0.39 is 41.6 Å². The van der Waals surface area contributed by atoms with Gasteiger partial charge in [0.2, 0.25) is 0 Å². The third kappa shape index (κ3) is 4.79. The topological polar surface area (TPSA) is 101 Å². The normalized spacial score (nSPS) is 22.5. The molecule has 2 aliphatic rings. The minimum absolute atomic E-state index is 0.0231. The van der Waals surface area contributed by atoms with Crippen LogP contribution in [0.3, 0.4) is 0 Å². The lowest BCUT2D eigenvalue weighted by molar-refractivity contribution is -0.130. The lowest BCUT2D eigenvalue weighted by Gasteiger charge is -2.40. The number of aryl methyl sites for hydroxylation is 1. The van der Waals surface area contributed by atoms with E-state index in [1.807, 2.05) is 0 Å². The number of fused-ring (bicyclic) bond motifs is 1. The molecule has 1 amide bonds. The van der Waals surface area contributed by atoms with Crippen LogP contribution in [0.5, 0.6) is 0 Å². The van der Waals surface area contributed by atoms with Crippen molar-refractivity contribution in [1.82, 2.24) is 19.7 Å². The number of amides is 1. The van der Waals surface area contributed by atoms with Crippen LogP contribution in [0.15, 0.2) is 67.1 Å². The number of ether oxygens (including phenoxy) is 1. The summed E-state index contributed by atoms with van der Waals surface area (Å²) in [5.41, 5.74) is -6.00. The fraction of sp³-hybridized carbons (Fsp3) is 0.323. The van der Waals surface area contributed by atoms with Crippen LogP contribution < -0.4 is 0 Å². The van der Waals surface area contributed by atoms with E-state index in [0.717, 1.165) is 11.0 Å². The van der Waals surface area contributed by atoms with Gasteiger partial charge < -0.3 is 14.9 Å². The van der Waals surface area contributed by atoms with Crippen LogP contribution in [0.25, 0.3) is 0 Å². The molecule has 6 rings (SSSR count). The number of nitrogens with zero attached hydrogens (tertiary/aromatic N) is 4. The van der Waals surface area contributed by atoms with Gasteiger partial charge in [0.05, 0.1) is 53.2 Å². The molecule has 2 aromatic carbocycles. The quantitative estimate of drug-likeness (QED) is 0.270. The van der Waals surface area contributed by atoms with Crippen molar-refractivity contribution in [2.24, 2.45) is 12.5 Å². The Bertz CT molecular complexity index is 1830. The van der Waals surface area contributed by atoms with Gasteiger partial charge in [0.15, 0.2) is 5.72 Å². The Balaban J connectivity index is 1.62. The molecule has 1 aliphatic heterocycles. The molecule has 0 radical (unpaired) electrons. The lowest BCUT2D eigenvalue weighted by atomic mass is 9.85. The molecule has 42 heavy (non-hydrogen) atoms. The molecular formula is C31H29Cl2FN4O4. The fourth-order valence-corrected chi connectivity index (χ4v) is 5.42. The third-order valence-electron chi connectivity index (χ3n) is 7.82. The Hall–Kier alpha value is -3.34. The number of aromatic nitrogens is 3. The number of rotatable bonds is 9. The van der Waals surface area contributed by atoms with Crippen LogP contribution in [0.1, 0.15) is 63.6 Å². The van der Waals surface area contributed by atoms with Gasteiger partial charge in [0.25, 0.3) is 5.91 Å². The first-order chi connectivity index (χ1) is 21.4. The number of halogens is 3. The highest BCUT2D eigenvalue weighted by Gasteiger charge is 2.56. The summed E-state index contributed by atoms with van der Waals surface area (Å²) in [6.45, 7) is -4.86. The second kappa shape index (κ2) is 10.4. The van der Waals surface area contributed by atoms with Crippen LogP contribution in [0.2, 0.25) is 10.0 Å². The van der Waals surface area contributed by atoms with Crippen molar-refractivity contribution >= 4 is 29.1 Å². The molecular weight excluding hydrogens is 582 g/mol. The highest BCUT2D eigenvalue weighted by Crippen LogP contribution is 2.52. The number of carbonyl (C=O) groups is 1. The summed E-state index contributed by atoms with van der Waals surface area (Å²) in [4.78, 5) is 19.9. The highest BCUT2D eigenvalue weighted by atomic mass is 35.5. The summed E-state index contributed by atoms with van der Waals surface area (Å²) >= 11 is 12.3. The monoisotopic (exact) mass is 614 g/mol. The largest absolute Gasteiger partial charge is 0.396 e. The molecule has 1 fully saturated rings. The number of benzene rings is 2. The SMILES string of the molecule is [2H]C([2H])(O)C1(C([2H])([2H])O[C@]2(c3ccc(Cl)cc3)c3c(F)cc(C(C)(O)c4cnn(C)c4)cc3C(=O)N2Cc2ccc(Cl)cn2)CC1. The number of carbonyl (C=O) groups excluding carboxylic acids is 1. The van der Waals surface area contributed by atoms with E-state index >= 15 is 4.39 Å². The van der Waals surface area contributed by atoms with Gasteiger partial charge in [-0.15, -0.1) is 0 Å². The molecule has 0 spiro atoms. The summed E-state index contributed by atoms with van der Waals surface area (Å²) < 4.78 is 58.8. The zero-order chi connectivity index (χ0) is 33.4. The van der Waals surface area contributed by atoms with Crippen molar-refractivity contribution in [3.8, 4) is 0 Å². The molecule has 1 saturated carbocycles. The zero-order valence-corrected chi connectivity index (χ0v) is 24.1. The van der Waals surface area contributed by atoms with Gasteiger partial charge in [-0.3, -0.25) is 19.4 Å². The minimum Gasteiger partial charge on any atom is -0.396 e. The summed E-state index contributed by atoms with van der Waals surface area (Å²) in [5.74, 6) is -1.78. The predicted molar refractivity (Wildman–Crippen MR) is 154 cm³/mol. The van der Waals surface area contributed by atoms with Gasteiger partial charge in [-0.05, 0) is 61.7 Å². The molecule has 0 bridgehead atoms. The first kappa shape index (κ1) is 24.1. The minimum atomic E-state index is -3.02. The summed E-state index contributed by atoms with van der Waals surface area (Å²) in [6.07, 6.45) is 4.18.